The van der Waals surface area contributed by atoms with Crippen LogP contribution in [-0.2, 0) is 27.3 Å². The molecule has 0 aliphatic carbocycles. The Bertz CT molecular complexity index is 1390. The van der Waals surface area contributed by atoms with Crippen molar-refractivity contribution in [2.45, 2.75) is 42.4 Å². The fourth-order valence-electron chi connectivity index (χ4n) is 3.67. The Balaban J connectivity index is 1.71. The summed E-state index contributed by atoms with van der Waals surface area (Å²) < 4.78 is 65.2. The van der Waals surface area contributed by atoms with Crippen molar-refractivity contribution in [3.8, 4) is 0 Å². The number of aromatic nitrogens is 2. The predicted octanol–water partition coefficient (Wildman–Crippen LogP) is 4.49. The summed E-state index contributed by atoms with van der Waals surface area (Å²) in [5.74, 6) is 0.0771. The van der Waals surface area contributed by atoms with Crippen molar-refractivity contribution in [3.05, 3.63) is 81.5 Å². The topological polar surface area (TPSA) is 93.5 Å². The largest absolute Gasteiger partial charge is 0.416 e. The summed E-state index contributed by atoms with van der Waals surface area (Å²) in [6.45, 7) is 4.24. The van der Waals surface area contributed by atoms with Crippen molar-refractivity contribution >= 4 is 27.3 Å². The maximum Gasteiger partial charge on any atom is 0.416 e. The van der Waals surface area contributed by atoms with E-state index in [1.54, 1.807) is 0 Å². The van der Waals surface area contributed by atoms with Crippen molar-refractivity contribution in [1.82, 2.24) is 15.7 Å². The van der Waals surface area contributed by atoms with E-state index in [-0.39, 0.29) is 34.1 Å². The van der Waals surface area contributed by atoms with E-state index in [9.17, 15) is 21.6 Å². The lowest BCUT2D eigenvalue weighted by atomic mass is 9.99. The van der Waals surface area contributed by atoms with Gasteiger partial charge < -0.3 is 0 Å². The smallest absolute Gasteiger partial charge is 0.272 e. The van der Waals surface area contributed by atoms with Crippen LogP contribution in [0.2, 0.25) is 5.15 Å². The number of aliphatic imine (C=N–C) groups is 1. The summed E-state index contributed by atoms with van der Waals surface area (Å²) in [5, 5.41) is 6.76. The van der Waals surface area contributed by atoms with Gasteiger partial charge in [0.1, 0.15) is 0 Å². The highest BCUT2D eigenvalue weighted by Gasteiger charge is 2.32. The van der Waals surface area contributed by atoms with Gasteiger partial charge in [-0.25, -0.2) is 13.9 Å². The third kappa shape index (κ3) is 5.47. The molecule has 2 heterocycles. The molecule has 0 fully saturated rings. The van der Waals surface area contributed by atoms with Crippen LogP contribution in [0.4, 0.5) is 13.2 Å². The lowest BCUT2D eigenvalue weighted by Gasteiger charge is -2.23. The maximum absolute atomic E-state index is 13.3. The molecule has 0 amide bonds. The molecule has 0 spiro atoms. The van der Waals surface area contributed by atoms with Crippen LogP contribution in [0, 0.1) is 13.8 Å². The number of nitrogens with zero attached hydrogens (tertiary/aromatic N) is 3. The quantitative estimate of drug-likeness (QED) is 0.528. The highest BCUT2D eigenvalue weighted by atomic mass is 35.5. The van der Waals surface area contributed by atoms with Crippen molar-refractivity contribution in [2.75, 3.05) is 6.61 Å². The van der Waals surface area contributed by atoms with E-state index in [0.29, 0.717) is 18.6 Å². The fraction of sp³-hybridized carbons (Fsp3) is 0.261. The number of sulfone groups is 1. The molecule has 1 aromatic heterocycles. The number of aryl methyl sites for hydroxylation is 2. The van der Waals surface area contributed by atoms with E-state index in [1.165, 1.54) is 6.07 Å². The van der Waals surface area contributed by atoms with E-state index >= 15 is 0 Å². The Morgan fingerprint density at radius 3 is 2.46 bits per heavy atom. The molecule has 2 aromatic carbocycles. The summed E-state index contributed by atoms with van der Waals surface area (Å²) >= 11 is 5.99. The third-order valence-electron chi connectivity index (χ3n) is 5.44. The van der Waals surface area contributed by atoms with E-state index in [2.05, 4.69) is 26.7 Å². The second kappa shape index (κ2) is 9.56. The molecule has 1 aliphatic heterocycles. The molecule has 12 heteroatoms. The van der Waals surface area contributed by atoms with Crippen molar-refractivity contribution in [3.63, 3.8) is 0 Å². The molecule has 0 saturated heterocycles. The zero-order valence-corrected chi connectivity index (χ0v) is 20.2. The maximum atomic E-state index is 13.3. The van der Waals surface area contributed by atoms with Crippen LogP contribution in [0.3, 0.4) is 0 Å². The molecule has 0 saturated carbocycles. The van der Waals surface area contributed by atoms with Crippen LogP contribution in [0.5, 0.6) is 0 Å². The van der Waals surface area contributed by atoms with Crippen LogP contribution in [0.15, 0.2) is 63.4 Å². The number of hydroxylamine groups is 1. The number of nitrogens with one attached hydrogen (secondary N) is 1. The lowest BCUT2D eigenvalue weighted by molar-refractivity contribution is -0.137. The van der Waals surface area contributed by atoms with Crippen LogP contribution in [0.1, 0.15) is 27.8 Å². The highest BCUT2D eigenvalue weighted by Crippen LogP contribution is 2.31. The van der Waals surface area contributed by atoms with Crippen LogP contribution in [-0.4, -0.2) is 37.1 Å². The van der Waals surface area contributed by atoms with Crippen molar-refractivity contribution in [2.24, 2.45) is 4.99 Å². The molecule has 4 rings (SSSR count). The molecule has 0 unspecified atom stereocenters. The van der Waals surface area contributed by atoms with E-state index in [4.69, 9.17) is 16.4 Å². The number of hydrogen-bond donors (Lipinski definition) is 1. The second-order valence-electron chi connectivity index (χ2n) is 8.09. The van der Waals surface area contributed by atoms with Gasteiger partial charge in [0.25, 0.3) is 0 Å². The molecule has 184 valence electrons. The van der Waals surface area contributed by atoms with Gasteiger partial charge in [0.05, 0.1) is 28.7 Å². The molecule has 1 atom stereocenters. The van der Waals surface area contributed by atoms with Gasteiger partial charge in [-0.15, -0.1) is 10.2 Å². The molecule has 3 aromatic rings. The van der Waals surface area contributed by atoms with Gasteiger partial charge in [0.2, 0.25) is 9.84 Å². The first-order chi connectivity index (χ1) is 16.4. The van der Waals surface area contributed by atoms with Crippen LogP contribution < -0.4 is 5.48 Å². The van der Waals surface area contributed by atoms with Crippen molar-refractivity contribution in [1.29, 1.82) is 0 Å². The minimum absolute atomic E-state index is 0.00442. The summed E-state index contributed by atoms with van der Waals surface area (Å²) in [4.78, 5) is 9.68. The van der Waals surface area contributed by atoms with Gasteiger partial charge in [-0.3, -0.25) is 9.83 Å². The number of alkyl halides is 3. The molecule has 0 radical (unpaired) electrons. The molecule has 1 N–H and O–H groups in total. The lowest BCUT2D eigenvalue weighted by Crippen LogP contribution is -2.37. The van der Waals surface area contributed by atoms with Gasteiger partial charge in [0.15, 0.2) is 16.0 Å². The van der Waals surface area contributed by atoms with Crippen LogP contribution in [0.25, 0.3) is 0 Å². The number of rotatable bonds is 5. The Kier molecular flexibility index (Phi) is 6.85. The monoisotopic (exact) mass is 524 g/mol. The van der Waals surface area contributed by atoms with Crippen LogP contribution >= 0.6 is 11.6 Å². The minimum Gasteiger partial charge on any atom is -0.272 e. The average molecular weight is 525 g/mol. The van der Waals surface area contributed by atoms with Gasteiger partial charge in [-0.2, -0.15) is 13.2 Å². The normalized spacial score (nSPS) is 16.5. The zero-order chi connectivity index (χ0) is 25.4. The Morgan fingerprint density at radius 2 is 1.80 bits per heavy atom. The van der Waals surface area contributed by atoms with Crippen molar-refractivity contribution < 1.29 is 26.4 Å². The number of hydrogen-bond acceptors (Lipinski definition) is 7. The Morgan fingerprint density at radius 1 is 1.09 bits per heavy atom. The summed E-state index contributed by atoms with van der Waals surface area (Å²) in [6.07, 6.45) is -4.05. The fourth-order valence-corrected chi connectivity index (χ4v) is 5.13. The summed E-state index contributed by atoms with van der Waals surface area (Å²) in [7, 11) is -4.36. The zero-order valence-electron chi connectivity index (χ0n) is 18.6. The SMILES string of the molecule is Cc1ccc(C[C@@H]2CONC(c3cc(Cl)nnc3S(=O)(=O)c3ccc(C(F)(F)F)cc3)=N2)c(C)c1. The first-order valence-corrected chi connectivity index (χ1v) is 12.3. The third-order valence-corrected chi connectivity index (χ3v) is 7.33. The average Bonchev–Trinajstić information content (AvgIpc) is 2.80. The van der Waals surface area contributed by atoms with E-state index in [0.717, 1.165) is 28.8 Å². The van der Waals surface area contributed by atoms with E-state index < -0.39 is 26.6 Å². The predicted molar refractivity (Wildman–Crippen MR) is 123 cm³/mol. The summed E-state index contributed by atoms with van der Waals surface area (Å²) in [6, 6.07) is 10.1. The Hall–Kier alpha value is -3.02. The highest BCUT2D eigenvalue weighted by molar-refractivity contribution is 7.91. The summed E-state index contributed by atoms with van der Waals surface area (Å²) in [5.41, 5.74) is 4.92. The number of benzene rings is 2. The second-order valence-corrected chi connectivity index (χ2v) is 10.3. The molecular weight excluding hydrogens is 505 g/mol. The standard InChI is InChI=1S/C23H20ClF3N4O3S/c1-13-3-4-15(14(2)9-13)10-17-12-34-31-21(28-17)19-11-20(24)29-30-22(19)35(32,33)18-7-5-16(6-8-18)23(25,26)27/h3-9,11,17H,10,12H2,1-2H3,(H,28,31)/t17-/m1/s1. The minimum atomic E-state index is -4.60. The van der Waals surface area contributed by atoms with Gasteiger partial charge in [0, 0.05) is 0 Å². The Labute approximate surface area is 204 Å². The van der Waals surface area contributed by atoms with E-state index in [1.807, 2.05) is 26.0 Å². The molecular formula is C23H20ClF3N4O3S. The molecule has 35 heavy (non-hydrogen) atoms. The van der Waals surface area contributed by atoms with Gasteiger partial charge in [-0.05, 0) is 61.7 Å². The number of halogens is 4. The first-order valence-electron chi connectivity index (χ1n) is 10.4. The van der Waals surface area contributed by atoms with Gasteiger partial charge in [-0.1, -0.05) is 35.4 Å². The molecule has 1 aliphatic rings. The first kappa shape index (κ1) is 25.1. The van der Waals surface area contributed by atoms with Gasteiger partial charge >= 0.3 is 6.18 Å². The molecule has 7 nitrogen and oxygen atoms in total. The molecule has 0 bridgehead atoms. The number of amidine groups is 1.